The molecule has 8 atom stereocenters. The van der Waals surface area contributed by atoms with E-state index in [2.05, 4.69) is 29.9 Å². The van der Waals surface area contributed by atoms with Crippen LogP contribution in [0.3, 0.4) is 0 Å². The van der Waals surface area contributed by atoms with Crippen LogP contribution in [0.25, 0.3) is 0 Å². The first-order chi connectivity index (χ1) is 24.9. The van der Waals surface area contributed by atoms with Crippen molar-refractivity contribution in [3.63, 3.8) is 0 Å². The summed E-state index contributed by atoms with van der Waals surface area (Å²) >= 11 is 6.43. The van der Waals surface area contributed by atoms with E-state index in [0.717, 1.165) is 6.42 Å². The summed E-state index contributed by atoms with van der Waals surface area (Å²) in [5.74, 6) is -1.41. The maximum atomic E-state index is 15.1. The van der Waals surface area contributed by atoms with E-state index in [1.807, 2.05) is 6.92 Å². The maximum absolute atomic E-state index is 15.1. The summed E-state index contributed by atoms with van der Waals surface area (Å²) < 4.78 is 62.9. The van der Waals surface area contributed by atoms with E-state index in [1.165, 1.54) is 41.3 Å². The van der Waals surface area contributed by atoms with E-state index in [-0.39, 0.29) is 59.7 Å². The summed E-state index contributed by atoms with van der Waals surface area (Å²) in [6.45, 7) is 5.93. The lowest BCUT2D eigenvalue weighted by Crippen LogP contribution is -2.67. The highest BCUT2D eigenvalue weighted by atomic mass is 35.5. The number of nitrogens with zero attached hydrogens (tertiary/aromatic N) is 1. The van der Waals surface area contributed by atoms with Gasteiger partial charge in [-0.3, -0.25) is 4.79 Å². The minimum atomic E-state index is -4.85. The number of benzene rings is 2. The maximum Gasteiger partial charge on any atom is 0.573 e. The molecule has 1 amide bonds. The second kappa shape index (κ2) is 13.1. The summed E-state index contributed by atoms with van der Waals surface area (Å²) in [5.41, 5.74) is -2.62. The number of rotatable bonds is 9. The number of hydrogen-bond donors (Lipinski definition) is 2. The molecule has 0 saturated heterocycles. The van der Waals surface area contributed by atoms with Gasteiger partial charge < -0.3 is 24.6 Å². The van der Waals surface area contributed by atoms with E-state index in [4.69, 9.17) is 16.3 Å². The number of allylic oxidation sites excluding steroid dienone is 4. The van der Waals surface area contributed by atoms with E-state index in [1.54, 1.807) is 13.0 Å². The predicted octanol–water partition coefficient (Wildman–Crippen LogP) is 8.74. The van der Waals surface area contributed by atoms with E-state index in [0.29, 0.717) is 49.7 Å². The molecule has 2 aromatic rings. The van der Waals surface area contributed by atoms with Gasteiger partial charge in [-0.25, -0.2) is 9.18 Å². The van der Waals surface area contributed by atoms with Crippen molar-refractivity contribution in [2.45, 2.75) is 96.7 Å². The number of alkyl halides is 3. The van der Waals surface area contributed by atoms with Gasteiger partial charge in [-0.1, -0.05) is 61.9 Å². The lowest BCUT2D eigenvalue weighted by Gasteiger charge is -2.71. The van der Waals surface area contributed by atoms with E-state index >= 15 is 4.39 Å². The summed E-state index contributed by atoms with van der Waals surface area (Å²) in [6, 6.07) is 9.59. The molecule has 0 aliphatic heterocycles. The molecule has 12 heteroatoms. The first-order valence-corrected chi connectivity index (χ1v) is 18.8. The molecule has 2 N–H and O–H groups in total. The molecule has 0 heterocycles. The molecule has 6 aliphatic rings. The number of ketones is 1. The van der Waals surface area contributed by atoms with Crippen LogP contribution in [0.2, 0.25) is 5.02 Å². The van der Waals surface area contributed by atoms with Crippen LogP contribution in [0.4, 0.5) is 22.4 Å². The van der Waals surface area contributed by atoms with Gasteiger partial charge in [0.15, 0.2) is 5.78 Å². The molecule has 8 rings (SSSR count). The second-order valence-electron chi connectivity index (χ2n) is 16.4. The largest absolute Gasteiger partial charge is 0.573 e. The van der Waals surface area contributed by atoms with Gasteiger partial charge in [0, 0.05) is 45.4 Å². The molecule has 0 radical (unpaired) electrons. The zero-order valence-electron chi connectivity index (χ0n) is 30.1. The molecule has 2 aromatic carbocycles. The van der Waals surface area contributed by atoms with Crippen LogP contribution in [-0.2, 0) is 22.5 Å². The highest BCUT2D eigenvalue weighted by Gasteiger charge is 2.74. The fraction of sp³-hybridized carbons (Fsp3) is 0.561. The first kappa shape index (κ1) is 37.9. The lowest BCUT2D eigenvalue weighted by atomic mass is 9.32. The molecule has 8 unspecified atom stereocenters. The average Bonchev–Trinajstić information content (AvgIpc) is 3.36. The minimum absolute atomic E-state index is 0.00607. The number of Topliss-reactive ketones (excluding diaryl/α,β-unsaturated/α-hetero) is 1. The van der Waals surface area contributed by atoms with Crippen LogP contribution < -0.4 is 4.74 Å². The number of amides is 1. The van der Waals surface area contributed by atoms with Gasteiger partial charge >= 0.3 is 12.5 Å². The summed E-state index contributed by atoms with van der Waals surface area (Å²) in [7, 11) is 0. The number of hydrogen-bond acceptors (Lipinski definition) is 6. The van der Waals surface area contributed by atoms with Crippen LogP contribution in [0.15, 0.2) is 66.3 Å². The third-order valence-electron chi connectivity index (χ3n) is 13.9. The summed E-state index contributed by atoms with van der Waals surface area (Å²) in [4.78, 5) is 29.5. The minimum Gasteiger partial charge on any atom is -0.450 e. The molecule has 7 nitrogen and oxygen atoms in total. The molecule has 2 bridgehead atoms. The van der Waals surface area contributed by atoms with Gasteiger partial charge in [0.1, 0.15) is 11.6 Å². The molecule has 3 fully saturated rings. The smallest absolute Gasteiger partial charge is 0.450 e. The number of aliphatic hydroxyl groups is 2. The third kappa shape index (κ3) is 6.00. The second-order valence-corrected chi connectivity index (χ2v) is 16.8. The number of halogens is 5. The van der Waals surface area contributed by atoms with Crippen molar-refractivity contribution in [3.05, 3.63) is 88.2 Å². The third-order valence-corrected chi connectivity index (χ3v) is 14.3. The quantitative estimate of drug-likeness (QED) is 0.196. The van der Waals surface area contributed by atoms with Gasteiger partial charge in [-0.15, -0.1) is 13.2 Å². The molecule has 3 saturated carbocycles. The zero-order chi connectivity index (χ0) is 38.2. The first-order valence-electron chi connectivity index (χ1n) is 18.5. The fourth-order valence-electron chi connectivity index (χ4n) is 11.3. The van der Waals surface area contributed by atoms with Crippen molar-refractivity contribution in [1.82, 2.24) is 4.90 Å². The van der Waals surface area contributed by atoms with Crippen LogP contribution >= 0.6 is 11.6 Å². The molecule has 6 aliphatic carbocycles. The highest BCUT2D eigenvalue weighted by molar-refractivity contribution is 6.31. The number of ether oxygens (including phenoxy) is 2. The fourth-order valence-corrected chi connectivity index (χ4v) is 11.6. The molecule has 286 valence electrons. The van der Waals surface area contributed by atoms with Gasteiger partial charge in [-0.05, 0) is 98.9 Å². The van der Waals surface area contributed by atoms with Crippen molar-refractivity contribution in [2.75, 3.05) is 13.2 Å². The zero-order valence-corrected chi connectivity index (χ0v) is 30.9. The number of aliphatic hydroxyl groups excluding tert-OH is 1. The van der Waals surface area contributed by atoms with Crippen molar-refractivity contribution in [1.29, 1.82) is 0 Å². The normalized spacial score (nSPS) is 35.5. The molecular weight excluding hydrogens is 714 g/mol. The van der Waals surface area contributed by atoms with Crippen LogP contribution in [0.1, 0.15) is 76.8 Å². The van der Waals surface area contributed by atoms with Crippen molar-refractivity contribution in [3.8, 4) is 5.75 Å². The van der Waals surface area contributed by atoms with Gasteiger partial charge in [0.2, 0.25) is 0 Å². The Morgan fingerprint density at radius 2 is 1.66 bits per heavy atom. The Kier molecular flexibility index (Phi) is 9.38. The standard InChI is InChI=1S/C41H46ClF4NO6/c1-4-52-35(50)47(23-25-8-10-27(11-9-25)53-41(44,45)46)24-39(51)17-14-34-37(39,3)16-13-33-36(2)15-12-26(48)21-38(36)18-19-40(33,34)29(22-38)32(49)20-28-30(42)6-5-7-31(28)43/h5-11,18-19,22,26,33-34,48,51H,4,12-17,20-21,23-24H2,1-3H3. The van der Waals surface area contributed by atoms with Crippen molar-refractivity contribution >= 4 is 23.5 Å². The van der Waals surface area contributed by atoms with Gasteiger partial charge in [0.25, 0.3) is 0 Å². The van der Waals surface area contributed by atoms with Crippen LogP contribution in [0.5, 0.6) is 5.75 Å². The highest BCUT2D eigenvalue weighted by Crippen LogP contribution is 2.78. The van der Waals surface area contributed by atoms with Crippen LogP contribution in [-0.4, -0.2) is 58.2 Å². The van der Waals surface area contributed by atoms with Gasteiger partial charge in [0.05, 0.1) is 24.9 Å². The number of carbonyl (C=O) groups excluding carboxylic acids is 2. The monoisotopic (exact) mass is 759 g/mol. The number of fused-ring (bicyclic) bond motifs is 1. The summed E-state index contributed by atoms with van der Waals surface area (Å²) in [6.07, 6.45) is 4.18. The Hall–Kier alpha value is -3.41. The summed E-state index contributed by atoms with van der Waals surface area (Å²) in [5, 5.41) is 24.0. The predicted molar refractivity (Wildman–Crippen MR) is 189 cm³/mol. The Morgan fingerprint density at radius 1 is 0.981 bits per heavy atom. The molecule has 0 aromatic heterocycles. The van der Waals surface area contributed by atoms with Crippen molar-refractivity contribution in [2.24, 2.45) is 33.5 Å². The van der Waals surface area contributed by atoms with Crippen LogP contribution in [0, 0.1) is 39.3 Å². The average molecular weight is 760 g/mol. The van der Waals surface area contributed by atoms with Gasteiger partial charge in [-0.2, -0.15) is 0 Å². The SMILES string of the molecule is CCOC(=O)N(Cc1ccc(OC(F)(F)F)cc1)CC1(O)CCC2C34C=CC5(C=C3C(=O)Cc3c(F)cccc3Cl)CC(O)CCC5(C)C4CCC21C. The Bertz CT molecular complexity index is 1830. The van der Waals surface area contributed by atoms with Crippen molar-refractivity contribution < 1.29 is 46.8 Å². The molecule has 53 heavy (non-hydrogen) atoms. The van der Waals surface area contributed by atoms with E-state index < -0.39 is 52.0 Å². The molecular formula is C41H46ClF4NO6. The molecule has 2 spiro atoms. The Morgan fingerprint density at radius 3 is 2.34 bits per heavy atom. The Balaban J connectivity index is 1.25. The number of carbonyl (C=O) groups is 2. The topological polar surface area (TPSA) is 96.3 Å². The van der Waals surface area contributed by atoms with E-state index in [9.17, 15) is 33.0 Å². The Labute approximate surface area is 312 Å². The lowest BCUT2D eigenvalue weighted by molar-refractivity contribution is -0.274.